The fourth-order valence-electron chi connectivity index (χ4n) is 4.03. The van der Waals surface area contributed by atoms with E-state index in [9.17, 15) is 9.59 Å². The lowest BCUT2D eigenvalue weighted by atomic mass is 9.94. The van der Waals surface area contributed by atoms with Crippen LogP contribution in [0.15, 0.2) is 48.2 Å². The molecule has 7 nitrogen and oxygen atoms in total. The quantitative estimate of drug-likeness (QED) is 0.491. The van der Waals surface area contributed by atoms with Gasteiger partial charge in [-0.2, -0.15) is 0 Å². The number of carbonyl (C=O) groups is 2. The number of hydrogen-bond acceptors (Lipinski definition) is 5. The number of rotatable bonds is 8. The summed E-state index contributed by atoms with van der Waals surface area (Å²) >= 11 is 6.05. The Morgan fingerprint density at radius 1 is 1.19 bits per heavy atom. The molecular formula is C23H31ClN4O3. The van der Waals surface area contributed by atoms with Crippen LogP contribution in [0.5, 0.6) is 0 Å². The summed E-state index contributed by atoms with van der Waals surface area (Å²) < 4.78 is 5.42. The van der Waals surface area contributed by atoms with Gasteiger partial charge in [0, 0.05) is 50.0 Å². The van der Waals surface area contributed by atoms with E-state index < -0.39 is 12.0 Å². The van der Waals surface area contributed by atoms with Crippen molar-refractivity contribution >= 4 is 23.6 Å². The Morgan fingerprint density at radius 2 is 1.84 bits per heavy atom. The largest absolute Gasteiger partial charge is 0.463 e. The number of nitrogens with one attached hydrogen (secondary N) is 1. The molecule has 0 spiro atoms. The van der Waals surface area contributed by atoms with E-state index in [0.717, 1.165) is 38.3 Å². The van der Waals surface area contributed by atoms with Crippen LogP contribution >= 0.6 is 11.6 Å². The van der Waals surface area contributed by atoms with E-state index in [1.165, 1.54) is 0 Å². The molecular weight excluding hydrogens is 416 g/mol. The first kappa shape index (κ1) is 23.3. The third-order valence-corrected chi connectivity index (χ3v) is 5.99. The van der Waals surface area contributed by atoms with Gasteiger partial charge >= 0.3 is 12.0 Å². The van der Waals surface area contributed by atoms with Crippen molar-refractivity contribution in [2.45, 2.75) is 19.9 Å². The Bertz CT molecular complexity index is 832. The second-order valence-electron chi connectivity index (χ2n) is 7.62. The highest BCUT2D eigenvalue weighted by atomic mass is 35.5. The topological polar surface area (TPSA) is 65.1 Å². The Balaban J connectivity index is 2.03. The number of esters is 1. The molecule has 31 heavy (non-hydrogen) atoms. The van der Waals surface area contributed by atoms with Gasteiger partial charge in [-0.1, -0.05) is 36.7 Å². The lowest BCUT2D eigenvalue weighted by molar-refractivity contribution is -0.139. The second kappa shape index (κ2) is 10.8. The summed E-state index contributed by atoms with van der Waals surface area (Å²) in [6, 6.07) is 6.31. The zero-order valence-corrected chi connectivity index (χ0v) is 19.0. The summed E-state index contributed by atoms with van der Waals surface area (Å²) in [5.41, 5.74) is 1.92. The monoisotopic (exact) mass is 446 g/mol. The Kier molecular flexibility index (Phi) is 8.12. The molecule has 1 saturated heterocycles. The molecule has 1 aromatic carbocycles. The molecule has 2 aliphatic rings. The molecule has 168 valence electrons. The van der Waals surface area contributed by atoms with E-state index in [1.54, 1.807) is 30.0 Å². The normalized spacial score (nSPS) is 20.5. The molecule has 1 aromatic rings. The van der Waals surface area contributed by atoms with Crippen LogP contribution in [0.3, 0.4) is 0 Å². The van der Waals surface area contributed by atoms with Crippen molar-refractivity contribution in [3.63, 3.8) is 0 Å². The van der Waals surface area contributed by atoms with Crippen LogP contribution < -0.4 is 5.32 Å². The van der Waals surface area contributed by atoms with Gasteiger partial charge in [0.1, 0.15) is 0 Å². The number of benzene rings is 1. The number of nitrogens with zero attached hydrogens (tertiary/aromatic N) is 3. The van der Waals surface area contributed by atoms with Crippen molar-refractivity contribution in [1.82, 2.24) is 20.0 Å². The van der Waals surface area contributed by atoms with Crippen molar-refractivity contribution < 1.29 is 14.3 Å². The van der Waals surface area contributed by atoms with Crippen LogP contribution in [-0.4, -0.2) is 79.1 Å². The average molecular weight is 447 g/mol. The van der Waals surface area contributed by atoms with Crippen LogP contribution in [0.4, 0.5) is 4.79 Å². The third-order valence-electron chi connectivity index (χ3n) is 5.73. The van der Waals surface area contributed by atoms with E-state index in [4.69, 9.17) is 16.3 Å². The maximum atomic E-state index is 13.1. The smallest absolute Gasteiger partial charge is 0.338 e. The summed E-state index contributed by atoms with van der Waals surface area (Å²) in [7, 11) is 0. The highest BCUT2D eigenvalue weighted by Crippen LogP contribution is 2.32. The van der Waals surface area contributed by atoms with Crippen LogP contribution in [0.25, 0.3) is 0 Å². The summed E-state index contributed by atoms with van der Waals surface area (Å²) in [4.78, 5) is 32.4. The molecule has 0 aliphatic carbocycles. The molecule has 8 heteroatoms. The Hall–Kier alpha value is -2.35. The maximum Gasteiger partial charge on any atom is 0.338 e. The van der Waals surface area contributed by atoms with Crippen molar-refractivity contribution in [2.24, 2.45) is 0 Å². The Morgan fingerprint density at radius 3 is 2.42 bits per heavy atom. The van der Waals surface area contributed by atoms with Crippen LogP contribution in [0.1, 0.15) is 25.5 Å². The number of urea groups is 1. The number of hydrogen-bond donors (Lipinski definition) is 1. The zero-order valence-electron chi connectivity index (χ0n) is 18.3. The first-order chi connectivity index (χ1) is 15.0. The van der Waals surface area contributed by atoms with Crippen molar-refractivity contribution in [1.29, 1.82) is 0 Å². The molecule has 0 aromatic heterocycles. The number of likely N-dealkylation sites (N-methyl/N-ethyl adjacent to an activating group) is 1. The highest BCUT2D eigenvalue weighted by Gasteiger charge is 2.38. The predicted molar refractivity (Wildman–Crippen MR) is 122 cm³/mol. The van der Waals surface area contributed by atoms with Crippen molar-refractivity contribution in [3.8, 4) is 0 Å². The van der Waals surface area contributed by atoms with Crippen molar-refractivity contribution in [3.05, 3.63) is 58.8 Å². The second-order valence-corrected chi connectivity index (χ2v) is 8.06. The minimum Gasteiger partial charge on any atom is -0.463 e. The number of amides is 2. The minimum atomic E-state index is -0.600. The van der Waals surface area contributed by atoms with Gasteiger partial charge in [0.2, 0.25) is 0 Å². The van der Waals surface area contributed by atoms with E-state index >= 15 is 0 Å². The fourth-order valence-corrected chi connectivity index (χ4v) is 4.15. The van der Waals surface area contributed by atoms with Crippen LogP contribution in [0, 0.1) is 0 Å². The van der Waals surface area contributed by atoms with Gasteiger partial charge in [0.25, 0.3) is 0 Å². The van der Waals surface area contributed by atoms with Gasteiger partial charge in [-0.25, -0.2) is 9.59 Å². The fraction of sp³-hybridized carbons (Fsp3) is 0.478. The lowest BCUT2D eigenvalue weighted by Gasteiger charge is -2.40. The SMILES string of the molecule is C=CCN1C(=O)N[C@@H](c2ccc(Cl)cc2)C(C(=O)OCC)=C1CN1CCN(CC)CC1. The van der Waals surface area contributed by atoms with Gasteiger partial charge in [-0.05, 0) is 31.2 Å². The lowest BCUT2D eigenvalue weighted by Crippen LogP contribution is -2.53. The predicted octanol–water partition coefficient (Wildman–Crippen LogP) is 3.05. The first-order valence-corrected chi connectivity index (χ1v) is 11.2. The van der Waals surface area contributed by atoms with Crippen LogP contribution in [0.2, 0.25) is 5.02 Å². The Labute approximate surface area is 189 Å². The molecule has 1 fully saturated rings. The molecule has 0 bridgehead atoms. The zero-order chi connectivity index (χ0) is 22.4. The summed E-state index contributed by atoms with van der Waals surface area (Å²) in [5.74, 6) is -0.418. The number of piperazine rings is 1. The van der Waals surface area contributed by atoms with Crippen LogP contribution in [-0.2, 0) is 9.53 Å². The number of carbonyl (C=O) groups excluding carboxylic acids is 2. The number of halogens is 1. The maximum absolute atomic E-state index is 13.1. The first-order valence-electron chi connectivity index (χ1n) is 10.8. The van der Waals surface area contributed by atoms with E-state index in [1.807, 2.05) is 12.1 Å². The summed E-state index contributed by atoms with van der Waals surface area (Å²) in [6.45, 7) is 13.5. The average Bonchev–Trinajstić information content (AvgIpc) is 2.77. The molecule has 3 rings (SSSR count). The summed E-state index contributed by atoms with van der Waals surface area (Å²) in [6.07, 6.45) is 1.67. The highest BCUT2D eigenvalue weighted by molar-refractivity contribution is 6.30. The van der Waals surface area contributed by atoms with E-state index in [-0.39, 0.29) is 12.6 Å². The molecule has 0 radical (unpaired) electrons. The minimum absolute atomic E-state index is 0.255. The van der Waals surface area contributed by atoms with Gasteiger partial charge in [-0.15, -0.1) is 6.58 Å². The van der Waals surface area contributed by atoms with Gasteiger partial charge < -0.3 is 15.0 Å². The van der Waals surface area contributed by atoms with Gasteiger partial charge in [-0.3, -0.25) is 9.80 Å². The summed E-state index contributed by atoms with van der Waals surface area (Å²) in [5, 5.41) is 3.56. The molecule has 2 aliphatic heterocycles. The van der Waals surface area contributed by atoms with Gasteiger partial charge in [0.15, 0.2) is 0 Å². The molecule has 1 N–H and O–H groups in total. The van der Waals surface area contributed by atoms with Gasteiger partial charge in [0.05, 0.1) is 18.2 Å². The number of ether oxygens (including phenoxy) is 1. The molecule has 0 unspecified atom stereocenters. The molecule has 1 atom stereocenters. The molecule has 2 heterocycles. The molecule has 0 saturated carbocycles. The van der Waals surface area contributed by atoms with E-state index in [2.05, 4.69) is 28.6 Å². The molecule has 2 amide bonds. The standard InChI is InChI=1S/C23H31ClN4O3/c1-4-11-28-19(16-27-14-12-26(5-2)13-15-27)20(22(29)31-6-3)21(25-23(28)30)17-7-9-18(24)10-8-17/h4,7-10,21H,1,5-6,11-16H2,2-3H3,(H,25,30)/t21-/m0/s1. The van der Waals surface area contributed by atoms with E-state index in [0.29, 0.717) is 29.4 Å². The van der Waals surface area contributed by atoms with Crippen molar-refractivity contribution in [2.75, 3.05) is 52.4 Å². The third kappa shape index (κ3) is 5.47.